The van der Waals surface area contributed by atoms with Crippen LogP contribution in [0, 0.1) is 0 Å². The normalized spacial score (nSPS) is 12.2. The summed E-state index contributed by atoms with van der Waals surface area (Å²) in [6, 6.07) is 12.0. The molecule has 0 aliphatic heterocycles. The quantitative estimate of drug-likeness (QED) is 0.656. The van der Waals surface area contributed by atoms with Gasteiger partial charge in [0.15, 0.2) is 6.61 Å². The number of hydrogen-bond donors (Lipinski definition) is 1. The van der Waals surface area contributed by atoms with E-state index in [0.29, 0.717) is 21.4 Å². The van der Waals surface area contributed by atoms with Crippen LogP contribution in [0.25, 0.3) is 0 Å². The summed E-state index contributed by atoms with van der Waals surface area (Å²) in [6.07, 6.45) is 0. The first kappa shape index (κ1) is 24.0. The zero-order valence-electron chi connectivity index (χ0n) is 18.0. The van der Waals surface area contributed by atoms with E-state index in [0.717, 1.165) is 5.56 Å². The molecule has 0 spiro atoms. The lowest BCUT2D eigenvalue weighted by Gasteiger charge is -2.29. The van der Waals surface area contributed by atoms with Gasteiger partial charge in [0.1, 0.15) is 11.8 Å². The van der Waals surface area contributed by atoms with Gasteiger partial charge in [-0.2, -0.15) is 0 Å². The summed E-state index contributed by atoms with van der Waals surface area (Å²) >= 11 is 12.6. The molecule has 0 fully saturated rings. The van der Waals surface area contributed by atoms with Crippen LogP contribution in [-0.4, -0.2) is 36.4 Å². The van der Waals surface area contributed by atoms with E-state index in [1.807, 2.05) is 24.3 Å². The SMILES string of the molecule is CNC(=O)[C@H](C)N(Cc1c(Cl)cccc1Cl)C(=O)COc1ccccc1C(C)(C)C. The van der Waals surface area contributed by atoms with Gasteiger partial charge in [-0.15, -0.1) is 0 Å². The molecule has 0 heterocycles. The summed E-state index contributed by atoms with van der Waals surface area (Å²) in [5, 5.41) is 3.45. The highest BCUT2D eigenvalue weighted by Crippen LogP contribution is 2.31. The van der Waals surface area contributed by atoms with E-state index < -0.39 is 6.04 Å². The largest absolute Gasteiger partial charge is 0.483 e. The van der Waals surface area contributed by atoms with Gasteiger partial charge in [0.05, 0.1) is 0 Å². The van der Waals surface area contributed by atoms with Crippen LogP contribution < -0.4 is 10.1 Å². The summed E-state index contributed by atoms with van der Waals surface area (Å²) in [6.45, 7) is 7.78. The van der Waals surface area contributed by atoms with Crippen molar-refractivity contribution in [2.24, 2.45) is 0 Å². The van der Waals surface area contributed by atoms with Crippen molar-refractivity contribution in [3.63, 3.8) is 0 Å². The maximum atomic E-state index is 13.1. The third kappa shape index (κ3) is 5.89. The van der Waals surface area contributed by atoms with E-state index in [-0.39, 0.29) is 30.4 Å². The molecule has 2 rings (SSSR count). The number of nitrogens with one attached hydrogen (secondary N) is 1. The number of carbonyl (C=O) groups excluding carboxylic acids is 2. The minimum absolute atomic E-state index is 0.0935. The molecule has 5 nitrogen and oxygen atoms in total. The van der Waals surface area contributed by atoms with Crippen molar-refractivity contribution in [2.75, 3.05) is 13.7 Å². The first-order chi connectivity index (χ1) is 14.1. The highest BCUT2D eigenvalue weighted by Gasteiger charge is 2.28. The average Bonchev–Trinajstić information content (AvgIpc) is 2.70. The zero-order valence-corrected chi connectivity index (χ0v) is 19.5. The molecule has 2 amide bonds. The summed E-state index contributed by atoms with van der Waals surface area (Å²) in [7, 11) is 1.53. The molecule has 0 aromatic heterocycles. The standard InChI is InChI=1S/C23H28Cl2N2O3/c1-15(22(29)26-5)27(13-16-18(24)10-8-11-19(16)25)21(28)14-30-20-12-7-6-9-17(20)23(2,3)4/h6-12,15H,13-14H2,1-5H3,(H,26,29)/t15-/m0/s1. The van der Waals surface area contributed by atoms with E-state index >= 15 is 0 Å². The molecule has 0 saturated carbocycles. The molecule has 30 heavy (non-hydrogen) atoms. The van der Waals surface area contributed by atoms with Gasteiger partial charge in [0.25, 0.3) is 5.91 Å². The summed E-state index contributed by atoms with van der Waals surface area (Å²) in [5.74, 6) is 0.00842. The number of rotatable bonds is 7. The Balaban J connectivity index is 2.27. The second kappa shape index (κ2) is 10.2. The Bertz CT molecular complexity index is 889. The van der Waals surface area contributed by atoms with Crippen molar-refractivity contribution in [1.29, 1.82) is 0 Å². The summed E-state index contributed by atoms with van der Waals surface area (Å²) in [5.41, 5.74) is 1.44. The smallest absolute Gasteiger partial charge is 0.261 e. The van der Waals surface area contributed by atoms with Crippen LogP contribution in [0.15, 0.2) is 42.5 Å². The first-order valence-corrected chi connectivity index (χ1v) is 10.5. The van der Waals surface area contributed by atoms with E-state index in [4.69, 9.17) is 27.9 Å². The molecule has 0 saturated heterocycles. The Hall–Kier alpha value is -2.24. The van der Waals surface area contributed by atoms with Gasteiger partial charge >= 0.3 is 0 Å². The Morgan fingerprint density at radius 3 is 2.23 bits per heavy atom. The average molecular weight is 451 g/mol. The fourth-order valence-corrected chi connectivity index (χ4v) is 3.60. The second-order valence-corrected chi connectivity index (χ2v) is 8.86. The number of halogens is 2. The van der Waals surface area contributed by atoms with Crippen LogP contribution in [0.4, 0.5) is 0 Å². The summed E-state index contributed by atoms with van der Waals surface area (Å²) < 4.78 is 5.88. The third-order valence-corrected chi connectivity index (χ3v) is 5.56. The van der Waals surface area contributed by atoms with Crippen molar-refractivity contribution in [2.45, 2.75) is 45.7 Å². The third-order valence-electron chi connectivity index (χ3n) is 4.85. The topological polar surface area (TPSA) is 58.6 Å². The molecule has 162 valence electrons. The van der Waals surface area contributed by atoms with Crippen LogP contribution in [0.3, 0.4) is 0 Å². The lowest BCUT2D eigenvalue weighted by Crippen LogP contribution is -2.48. The molecule has 0 bridgehead atoms. The maximum absolute atomic E-state index is 13.1. The maximum Gasteiger partial charge on any atom is 0.261 e. The van der Waals surface area contributed by atoms with Crippen LogP contribution in [-0.2, 0) is 21.5 Å². The molecule has 0 radical (unpaired) electrons. The monoisotopic (exact) mass is 450 g/mol. The van der Waals surface area contributed by atoms with Gasteiger partial charge < -0.3 is 15.0 Å². The van der Waals surface area contributed by atoms with Crippen LogP contribution in [0.1, 0.15) is 38.8 Å². The number of hydrogen-bond acceptors (Lipinski definition) is 3. The Kier molecular flexibility index (Phi) is 8.16. The highest BCUT2D eigenvalue weighted by molar-refractivity contribution is 6.36. The van der Waals surface area contributed by atoms with Crippen molar-refractivity contribution in [3.8, 4) is 5.75 Å². The first-order valence-electron chi connectivity index (χ1n) is 9.72. The van der Waals surface area contributed by atoms with Gasteiger partial charge in [-0.05, 0) is 36.1 Å². The number of likely N-dealkylation sites (N-methyl/N-ethyl adjacent to an activating group) is 1. The van der Waals surface area contributed by atoms with Crippen molar-refractivity contribution >= 4 is 35.0 Å². The van der Waals surface area contributed by atoms with Gasteiger partial charge in [-0.3, -0.25) is 9.59 Å². The molecule has 1 atom stereocenters. The van der Waals surface area contributed by atoms with Gasteiger partial charge in [0.2, 0.25) is 5.91 Å². The molecule has 0 unspecified atom stereocenters. The number of amides is 2. The molecule has 2 aromatic rings. The Morgan fingerprint density at radius 2 is 1.67 bits per heavy atom. The second-order valence-electron chi connectivity index (χ2n) is 8.05. The van der Waals surface area contributed by atoms with Crippen LogP contribution in [0.2, 0.25) is 10.0 Å². The zero-order chi connectivity index (χ0) is 22.5. The molecular weight excluding hydrogens is 423 g/mol. The number of para-hydroxylation sites is 1. The van der Waals surface area contributed by atoms with Crippen molar-refractivity contribution < 1.29 is 14.3 Å². The highest BCUT2D eigenvalue weighted by atomic mass is 35.5. The van der Waals surface area contributed by atoms with Gasteiger partial charge in [0, 0.05) is 29.2 Å². The van der Waals surface area contributed by atoms with E-state index in [2.05, 4.69) is 26.1 Å². The molecule has 7 heteroatoms. The predicted molar refractivity (Wildman–Crippen MR) is 121 cm³/mol. The van der Waals surface area contributed by atoms with Crippen molar-refractivity contribution in [1.82, 2.24) is 10.2 Å². The number of benzene rings is 2. The fourth-order valence-electron chi connectivity index (χ4n) is 3.08. The van der Waals surface area contributed by atoms with E-state index in [1.165, 1.54) is 11.9 Å². The molecule has 1 N–H and O–H groups in total. The molecule has 0 aliphatic rings. The minimum atomic E-state index is -0.726. The lowest BCUT2D eigenvalue weighted by molar-refractivity contribution is -0.142. The summed E-state index contributed by atoms with van der Waals surface area (Å²) in [4.78, 5) is 26.8. The molecule has 2 aromatic carbocycles. The van der Waals surface area contributed by atoms with E-state index in [9.17, 15) is 9.59 Å². The Labute approximate surface area is 188 Å². The van der Waals surface area contributed by atoms with Gasteiger partial charge in [-0.1, -0.05) is 68.2 Å². The number of carbonyl (C=O) groups is 2. The minimum Gasteiger partial charge on any atom is -0.483 e. The Morgan fingerprint density at radius 1 is 1.07 bits per heavy atom. The molecular formula is C23H28Cl2N2O3. The van der Waals surface area contributed by atoms with Crippen LogP contribution >= 0.6 is 23.2 Å². The number of ether oxygens (including phenoxy) is 1. The lowest BCUT2D eigenvalue weighted by atomic mass is 9.86. The van der Waals surface area contributed by atoms with Crippen LogP contribution in [0.5, 0.6) is 5.75 Å². The van der Waals surface area contributed by atoms with Gasteiger partial charge in [-0.25, -0.2) is 0 Å². The fraction of sp³-hybridized carbons (Fsp3) is 0.391. The molecule has 0 aliphatic carbocycles. The van der Waals surface area contributed by atoms with E-state index in [1.54, 1.807) is 25.1 Å². The predicted octanol–water partition coefficient (Wildman–Crippen LogP) is 4.83. The van der Waals surface area contributed by atoms with Crippen molar-refractivity contribution in [3.05, 3.63) is 63.6 Å². The number of nitrogens with zero attached hydrogens (tertiary/aromatic N) is 1.